The predicted molar refractivity (Wildman–Crippen MR) is 93.6 cm³/mol. The Bertz CT molecular complexity index is 598. The predicted octanol–water partition coefficient (Wildman–Crippen LogP) is 3.07. The zero-order chi connectivity index (χ0) is 15.9. The maximum Gasteiger partial charge on any atom is 0.237 e. The highest BCUT2D eigenvalue weighted by atomic mass is 79.9. The van der Waals surface area contributed by atoms with Crippen molar-refractivity contribution in [2.45, 2.75) is 31.8 Å². The molecule has 2 rings (SSSR count). The molecule has 2 aromatic rings. The summed E-state index contributed by atoms with van der Waals surface area (Å²) in [5.74, 6) is -0.103. The summed E-state index contributed by atoms with van der Waals surface area (Å²) in [4.78, 5) is 12.2. The third-order valence-electron chi connectivity index (χ3n) is 3.48. The Labute approximate surface area is 140 Å². The molecule has 4 heteroatoms. The van der Waals surface area contributed by atoms with E-state index < -0.39 is 6.04 Å². The molecular weight excluding hydrogens is 340 g/mol. The zero-order valence-corrected chi connectivity index (χ0v) is 14.2. The largest absolute Gasteiger partial charge is 0.352 e. The second-order valence-corrected chi connectivity index (χ2v) is 6.45. The van der Waals surface area contributed by atoms with Crippen LogP contribution in [-0.4, -0.2) is 18.0 Å². The molecule has 3 nitrogen and oxygen atoms in total. The molecule has 0 saturated carbocycles. The number of hydrogen-bond acceptors (Lipinski definition) is 2. The Morgan fingerprint density at radius 3 is 2.27 bits per heavy atom. The monoisotopic (exact) mass is 360 g/mol. The van der Waals surface area contributed by atoms with E-state index in [4.69, 9.17) is 5.73 Å². The number of nitrogens with one attached hydrogen (secondary N) is 1. The van der Waals surface area contributed by atoms with Gasteiger partial charge in [0.25, 0.3) is 0 Å². The lowest BCUT2D eigenvalue weighted by Gasteiger charge is -2.18. The number of amides is 1. The molecule has 0 fully saturated rings. The van der Waals surface area contributed by atoms with Gasteiger partial charge in [-0.2, -0.15) is 0 Å². The molecular formula is C18H21BrN2O. The van der Waals surface area contributed by atoms with Crippen molar-refractivity contribution in [3.05, 3.63) is 70.2 Å². The average Bonchev–Trinajstić information content (AvgIpc) is 2.50. The second kappa shape index (κ2) is 8.11. The molecule has 0 spiro atoms. The van der Waals surface area contributed by atoms with Crippen LogP contribution in [0.2, 0.25) is 0 Å². The van der Waals surface area contributed by atoms with Crippen LogP contribution in [0.15, 0.2) is 59.1 Å². The van der Waals surface area contributed by atoms with E-state index in [2.05, 4.69) is 33.4 Å². The molecule has 116 valence electrons. The Morgan fingerprint density at radius 2 is 1.64 bits per heavy atom. The maximum absolute atomic E-state index is 12.2. The van der Waals surface area contributed by atoms with Crippen molar-refractivity contribution in [3.63, 3.8) is 0 Å². The van der Waals surface area contributed by atoms with Crippen molar-refractivity contribution >= 4 is 21.8 Å². The Morgan fingerprint density at radius 1 is 1.05 bits per heavy atom. The molecule has 0 aliphatic rings. The van der Waals surface area contributed by atoms with Gasteiger partial charge in [-0.1, -0.05) is 58.4 Å². The van der Waals surface area contributed by atoms with Crippen molar-refractivity contribution < 1.29 is 4.79 Å². The number of carbonyl (C=O) groups is 1. The summed E-state index contributed by atoms with van der Waals surface area (Å²) >= 11 is 3.42. The summed E-state index contributed by atoms with van der Waals surface area (Å²) < 4.78 is 1.05. The summed E-state index contributed by atoms with van der Waals surface area (Å²) in [5.41, 5.74) is 8.25. The fourth-order valence-corrected chi connectivity index (χ4v) is 2.60. The molecule has 0 aliphatic carbocycles. The standard InChI is InChI=1S/C18H21BrN2O/c1-13(11-15-7-9-16(19)10-8-15)21-18(22)17(20)12-14-5-3-2-4-6-14/h2-10,13,17H,11-12,20H2,1H3,(H,21,22)/t13?,17-/m0/s1. The van der Waals surface area contributed by atoms with E-state index in [1.165, 1.54) is 5.56 Å². The Kier molecular flexibility index (Phi) is 6.16. The van der Waals surface area contributed by atoms with Crippen molar-refractivity contribution in [2.75, 3.05) is 0 Å². The van der Waals surface area contributed by atoms with Gasteiger partial charge in [0.1, 0.15) is 0 Å². The number of nitrogens with two attached hydrogens (primary N) is 1. The summed E-state index contributed by atoms with van der Waals surface area (Å²) in [7, 11) is 0. The smallest absolute Gasteiger partial charge is 0.237 e. The first-order chi connectivity index (χ1) is 10.5. The summed E-state index contributed by atoms with van der Waals surface area (Å²) in [6.45, 7) is 2.00. The quantitative estimate of drug-likeness (QED) is 0.831. The molecule has 1 unspecified atom stereocenters. The summed E-state index contributed by atoms with van der Waals surface area (Å²) in [6.07, 6.45) is 1.34. The van der Waals surface area contributed by atoms with Crippen molar-refractivity contribution in [3.8, 4) is 0 Å². The first-order valence-corrected chi connectivity index (χ1v) is 8.18. The highest BCUT2D eigenvalue weighted by molar-refractivity contribution is 9.10. The summed E-state index contributed by atoms with van der Waals surface area (Å²) in [5, 5.41) is 2.99. The van der Waals surface area contributed by atoms with E-state index in [0.29, 0.717) is 6.42 Å². The van der Waals surface area contributed by atoms with E-state index >= 15 is 0 Å². The topological polar surface area (TPSA) is 55.1 Å². The van der Waals surface area contributed by atoms with Crippen LogP contribution < -0.4 is 11.1 Å². The summed E-state index contributed by atoms with van der Waals surface area (Å²) in [6, 6.07) is 17.5. The zero-order valence-electron chi connectivity index (χ0n) is 12.6. The third kappa shape index (κ3) is 5.28. The highest BCUT2D eigenvalue weighted by Gasteiger charge is 2.16. The van der Waals surface area contributed by atoms with Crippen molar-refractivity contribution in [1.29, 1.82) is 0 Å². The van der Waals surface area contributed by atoms with E-state index in [0.717, 1.165) is 16.5 Å². The molecule has 3 N–H and O–H groups in total. The Hall–Kier alpha value is -1.65. The van der Waals surface area contributed by atoms with Gasteiger partial charge in [-0.25, -0.2) is 0 Å². The first-order valence-electron chi connectivity index (χ1n) is 7.39. The van der Waals surface area contributed by atoms with Gasteiger partial charge >= 0.3 is 0 Å². The molecule has 1 amide bonds. The van der Waals surface area contributed by atoms with Gasteiger partial charge in [0, 0.05) is 10.5 Å². The minimum Gasteiger partial charge on any atom is -0.352 e. The van der Waals surface area contributed by atoms with Crippen LogP contribution in [0.5, 0.6) is 0 Å². The van der Waals surface area contributed by atoms with E-state index in [-0.39, 0.29) is 11.9 Å². The van der Waals surface area contributed by atoms with Crippen LogP contribution in [0, 0.1) is 0 Å². The fourth-order valence-electron chi connectivity index (χ4n) is 2.34. The molecule has 0 aromatic heterocycles. The maximum atomic E-state index is 12.2. The van der Waals surface area contributed by atoms with E-state index in [1.807, 2.05) is 49.4 Å². The number of hydrogen-bond donors (Lipinski definition) is 2. The Balaban J connectivity index is 1.83. The SMILES string of the molecule is CC(Cc1ccc(Br)cc1)NC(=O)[C@@H](N)Cc1ccccc1. The molecule has 0 heterocycles. The molecule has 0 aliphatic heterocycles. The molecule has 2 aromatic carbocycles. The first kappa shape index (κ1) is 16.7. The fraction of sp³-hybridized carbons (Fsp3) is 0.278. The third-order valence-corrected chi connectivity index (χ3v) is 4.01. The van der Waals surface area contributed by atoms with Gasteiger partial charge in [0.05, 0.1) is 6.04 Å². The number of rotatable bonds is 6. The molecule has 0 bridgehead atoms. The number of halogens is 1. The van der Waals surface area contributed by atoms with Crippen LogP contribution in [-0.2, 0) is 17.6 Å². The van der Waals surface area contributed by atoms with Gasteiger partial charge in [0.15, 0.2) is 0 Å². The second-order valence-electron chi connectivity index (χ2n) is 5.54. The lowest BCUT2D eigenvalue weighted by atomic mass is 10.0. The minimum absolute atomic E-state index is 0.0514. The van der Waals surface area contributed by atoms with Crippen LogP contribution >= 0.6 is 15.9 Å². The van der Waals surface area contributed by atoms with Crippen molar-refractivity contribution in [2.24, 2.45) is 5.73 Å². The molecule has 2 atom stereocenters. The van der Waals surface area contributed by atoms with Gasteiger partial charge in [-0.15, -0.1) is 0 Å². The molecule has 0 saturated heterocycles. The average molecular weight is 361 g/mol. The van der Waals surface area contributed by atoms with Gasteiger partial charge in [0.2, 0.25) is 5.91 Å². The van der Waals surface area contributed by atoms with Crippen LogP contribution in [0.4, 0.5) is 0 Å². The number of carbonyl (C=O) groups excluding carboxylic acids is 1. The van der Waals surface area contributed by atoms with Crippen LogP contribution in [0.3, 0.4) is 0 Å². The van der Waals surface area contributed by atoms with E-state index in [1.54, 1.807) is 0 Å². The van der Waals surface area contributed by atoms with E-state index in [9.17, 15) is 4.79 Å². The normalized spacial score (nSPS) is 13.4. The molecule has 0 radical (unpaired) electrons. The minimum atomic E-state index is -0.519. The van der Waals surface area contributed by atoms with Crippen LogP contribution in [0.25, 0.3) is 0 Å². The lowest BCUT2D eigenvalue weighted by molar-refractivity contribution is -0.122. The molecule has 22 heavy (non-hydrogen) atoms. The highest BCUT2D eigenvalue weighted by Crippen LogP contribution is 2.12. The van der Waals surface area contributed by atoms with Crippen molar-refractivity contribution in [1.82, 2.24) is 5.32 Å². The van der Waals surface area contributed by atoms with Crippen LogP contribution in [0.1, 0.15) is 18.1 Å². The number of benzene rings is 2. The van der Waals surface area contributed by atoms with Gasteiger partial charge in [-0.3, -0.25) is 4.79 Å². The van der Waals surface area contributed by atoms with Gasteiger partial charge in [-0.05, 0) is 43.0 Å². The van der Waals surface area contributed by atoms with Gasteiger partial charge < -0.3 is 11.1 Å². The lowest BCUT2D eigenvalue weighted by Crippen LogP contribution is -2.46.